The molecule has 0 aliphatic carbocycles. The Morgan fingerprint density at radius 1 is 1.32 bits per heavy atom. The number of benzene rings is 1. The number of pyridine rings is 1. The lowest BCUT2D eigenvalue weighted by Gasteiger charge is -2.20. The van der Waals surface area contributed by atoms with Gasteiger partial charge in [0, 0.05) is 41.9 Å². The summed E-state index contributed by atoms with van der Waals surface area (Å²) in [5, 5.41) is 0. The molecule has 1 aromatic heterocycles. The largest absolute Gasteiger partial charge is 0.373 e. The molecule has 0 fully saturated rings. The number of rotatable bonds is 5. The van der Waals surface area contributed by atoms with Gasteiger partial charge in [-0.2, -0.15) is 0 Å². The quantitative estimate of drug-likeness (QED) is 0.793. The molecule has 0 saturated heterocycles. The van der Waals surface area contributed by atoms with Crippen LogP contribution in [0, 0.1) is 0 Å². The second kappa shape index (κ2) is 6.48. The number of hydrogen-bond donors (Lipinski definition) is 0. The van der Waals surface area contributed by atoms with Gasteiger partial charge in [-0.3, -0.25) is 9.78 Å². The van der Waals surface area contributed by atoms with Crippen molar-refractivity contribution in [1.29, 1.82) is 0 Å². The Morgan fingerprint density at radius 2 is 2.16 bits per heavy atom. The van der Waals surface area contributed by atoms with Gasteiger partial charge in [0.1, 0.15) is 6.29 Å². The van der Waals surface area contributed by atoms with Gasteiger partial charge in [0.05, 0.1) is 5.69 Å². The summed E-state index contributed by atoms with van der Waals surface area (Å²) in [7, 11) is 2.03. The van der Waals surface area contributed by atoms with Crippen molar-refractivity contribution in [2.24, 2.45) is 0 Å². The number of aromatic nitrogens is 1. The Labute approximate surface area is 121 Å². The average Bonchev–Trinajstić information content (AvgIpc) is 2.45. The number of carbonyl (C=O) groups is 1. The number of likely N-dealkylation sites (N-methyl/N-ethyl adjacent to an activating group) is 1. The lowest BCUT2D eigenvalue weighted by Crippen LogP contribution is -2.21. The molecule has 1 heterocycles. The molecule has 0 spiro atoms. The first-order valence-electron chi connectivity index (χ1n) is 6.06. The summed E-state index contributed by atoms with van der Waals surface area (Å²) in [4.78, 5) is 17.2. The van der Waals surface area contributed by atoms with E-state index < -0.39 is 0 Å². The fourth-order valence-electron chi connectivity index (χ4n) is 1.85. The van der Waals surface area contributed by atoms with E-state index in [4.69, 9.17) is 0 Å². The molecule has 0 unspecified atom stereocenters. The van der Waals surface area contributed by atoms with E-state index in [0.717, 1.165) is 35.1 Å². The van der Waals surface area contributed by atoms with Crippen LogP contribution in [0.15, 0.2) is 47.1 Å². The maximum absolute atomic E-state index is 10.7. The predicted octanol–water partition coefficient (Wildman–Crippen LogP) is 3.34. The molecule has 0 saturated carbocycles. The van der Waals surface area contributed by atoms with Crippen molar-refractivity contribution in [1.82, 2.24) is 4.98 Å². The van der Waals surface area contributed by atoms with E-state index in [1.54, 1.807) is 0 Å². The van der Waals surface area contributed by atoms with Gasteiger partial charge in [0.15, 0.2) is 0 Å². The van der Waals surface area contributed by atoms with Gasteiger partial charge in [-0.1, -0.05) is 6.07 Å². The Kier molecular flexibility index (Phi) is 4.68. The van der Waals surface area contributed by atoms with Gasteiger partial charge >= 0.3 is 0 Å². The number of aldehydes is 1. The number of anilines is 1. The zero-order valence-corrected chi connectivity index (χ0v) is 12.3. The van der Waals surface area contributed by atoms with Crippen molar-refractivity contribution in [3.8, 4) is 0 Å². The number of nitrogens with zero attached hydrogens (tertiary/aromatic N) is 2. The minimum absolute atomic E-state index is 0.675. The van der Waals surface area contributed by atoms with Crippen molar-refractivity contribution >= 4 is 27.9 Å². The summed E-state index contributed by atoms with van der Waals surface area (Å²) < 4.78 is 0.931. The highest BCUT2D eigenvalue weighted by molar-refractivity contribution is 9.10. The van der Waals surface area contributed by atoms with Crippen molar-refractivity contribution in [3.63, 3.8) is 0 Å². The Balaban J connectivity index is 2.04. The molecule has 2 aromatic rings. The smallest absolute Gasteiger partial charge is 0.150 e. The maximum atomic E-state index is 10.7. The zero-order valence-electron chi connectivity index (χ0n) is 10.7. The van der Waals surface area contributed by atoms with Gasteiger partial charge in [0.2, 0.25) is 0 Å². The molecular weight excluding hydrogens is 304 g/mol. The normalized spacial score (nSPS) is 10.2. The average molecular weight is 319 g/mol. The van der Waals surface area contributed by atoms with Crippen LogP contribution in [-0.2, 0) is 6.42 Å². The molecule has 98 valence electrons. The second-order valence-corrected chi connectivity index (χ2v) is 5.18. The van der Waals surface area contributed by atoms with E-state index in [0.29, 0.717) is 5.56 Å². The van der Waals surface area contributed by atoms with Gasteiger partial charge in [0.25, 0.3) is 0 Å². The Bertz CT molecular complexity index is 557. The summed E-state index contributed by atoms with van der Waals surface area (Å²) in [6.45, 7) is 0.871. The Morgan fingerprint density at radius 3 is 2.79 bits per heavy atom. The molecule has 0 amide bonds. The molecule has 0 N–H and O–H groups in total. The van der Waals surface area contributed by atoms with Gasteiger partial charge in [-0.25, -0.2) is 0 Å². The molecule has 0 aliphatic rings. The predicted molar refractivity (Wildman–Crippen MR) is 80.7 cm³/mol. The summed E-state index contributed by atoms with van der Waals surface area (Å²) in [6.07, 6.45) is 3.55. The standard InChI is InChI=1S/C15H15BrN2O/c1-18(9-7-13-4-2-3-8-17-13)15-6-5-12(11-19)10-14(15)16/h2-6,8,10-11H,7,9H2,1H3. The topological polar surface area (TPSA) is 33.2 Å². The van der Waals surface area contributed by atoms with Crippen LogP contribution in [0.25, 0.3) is 0 Å². The third kappa shape index (κ3) is 3.64. The van der Waals surface area contributed by atoms with E-state index in [-0.39, 0.29) is 0 Å². The molecule has 0 atom stereocenters. The van der Waals surface area contributed by atoms with E-state index in [2.05, 4.69) is 25.8 Å². The summed E-state index contributed by atoms with van der Waals surface area (Å²) in [6, 6.07) is 11.5. The SMILES string of the molecule is CN(CCc1ccccn1)c1ccc(C=O)cc1Br. The van der Waals surface area contributed by atoms with Crippen molar-refractivity contribution in [2.75, 3.05) is 18.5 Å². The van der Waals surface area contributed by atoms with E-state index in [9.17, 15) is 4.79 Å². The van der Waals surface area contributed by atoms with E-state index in [1.165, 1.54) is 0 Å². The molecule has 4 heteroatoms. The molecule has 1 aromatic carbocycles. The van der Waals surface area contributed by atoms with E-state index >= 15 is 0 Å². The van der Waals surface area contributed by atoms with Gasteiger partial charge in [-0.15, -0.1) is 0 Å². The van der Waals surface area contributed by atoms with Crippen LogP contribution >= 0.6 is 15.9 Å². The highest BCUT2D eigenvalue weighted by Crippen LogP contribution is 2.26. The van der Waals surface area contributed by atoms with Crippen molar-refractivity contribution in [2.45, 2.75) is 6.42 Å². The third-order valence-electron chi connectivity index (χ3n) is 2.95. The fraction of sp³-hybridized carbons (Fsp3) is 0.200. The van der Waals surface area contributed by atoms with Crippen LogP contribution in [0.2, 0.25) is 0 Å². The minimum atomic E-state index is 0.675. The second-order valence-electron chi connectivity index (χ2n) is 4.32. The Hall–Kier alpha value is -1.68. The summed E-state index contributed by atoms with van der Waals surface area (Å²) >= 11 is 3.50. The first-order valence-corrected chi connectivity index (χ1v) is 6.86. The number of carbonyl (C=O) groups excluding carboxylic acids is 1. The van der Waals surface area contributed by atoms with E-state index in [1.807, 2.05) is 49.6 Å². The monoisotopic (exact) mass is 318 g/mol. The summed E-state index contributed by atoms with van der Waals surface area (Å²) in [5.74, 6) is 0. The molecule has 19 heavy (non-hydrogen) atoms. The number of hydrogen-bond acceptors (Lipinski definition) is 3. The lowest BCUT2D eigenvalue weighted by atomic mass is 10.2. The van der Waals surface area contributed by atoms with Crippen LogP contribution < -0.4 is 4.90 Å². The first kappa shape index (κ1) is 13.7. The van der Waals surface area contributed by atoms with Crippen LogP contribution in [0.3, 0.4) is 0 Å². The molecular formula is C15H15BrN2O. The van der Waals surface area contributed by atoms with Crippen LogP contribution in [0.5, 0.6) is 0 Å². The minimum Gasteiger partial charge on any atom is -0.373 e. The highest BCUT2D eigenvalue weighted by atomic mass is 79.9. The van der Waals surface area contributed by atoms with Gasteiger partial charge < -0.3 is 4.90 Å². The van der Waals surface area contributed by atoms with Crippen molar-refractivity contribution in [3.05, 3.63) is 58.3 Å². The van der Waals surface area contributed by atoms with Gasteiger partial charge in [-0.05, 0) is 46.3 Å². The zero-order chi connectivity index (χ0) is 13.7. The highest BCUT2D eigenvalue weighted by Gasteiger charge is 2.07. The molecule has 0 aliphatic heterocycles. The summed E-state index contributed by atoms with van der Waals surface area (Å²) in [5.41, 5.74) is 2.82. The first-order chi connectivity index (χ1) is 9.20. The molecule has 0 bridgehead atoms. The molecule has 2 rings (SSSR count). The molecule has 3 nitrogen and oxygen atoms in total. The van der Waals surface area contributed by atoms with Crippen LogP contribution in [0.4, 0.5) is 5.69 Å². The van der Waals surface area contributed by atoms with Crippen molar-refractivity contribution < 1.29 is 4.79 Å². The van der Waals surface area contributed by atoms with Crippen LogP contribution in [0.1, 0.15) is 16.1 Å². The third-order valence-corrected chi connectivity index (χ3v) is 3.58. The fourth-order valence-corrected chi connectivity index (χ4v) is 2.55. The number of halogens is 1. The van der Waals surface area contributed by atoms with Crippen LogP contribution in [-0.4, -0.2) is 24.9 Å². The maximum Gasteiger partial charge on any atom is 0.150 e. The molecule has 0 radical (unpaired) electrons. The lowest BCUT2D eigenvalue weighted by molar-refractivity contribution is 0.112.